The van der Waals surface area contributed by atoms with Gasteiger partial charge in [-0.25, -0.2) is 0 Å². The van der Waals surface area contributed by atoms with Gasteiger partial charge in [0, 0.05) is 32.9 Å². The van der Waals surface area contributed by atoms with Crippen LogP contribution in [0.25, 0.3) is 0 Å². The van der Waals surface area contributed by atoms with E-state index in [1.54, 1.807) is 6.33 Å². The largest absolute Gasteiger partial charge is 0.374 e. The molecule has 1 N–H and O–H groups in total. The number of anilines is 1. The van der Waals surface area contributed by atoms with Gasteiger partial charge in [-0.2, -0.15) is 0 Å². The highest BCUT2D eigenvalue weighted by atomic mass is 15.3. The number of nitrogens with one attached hydrogen (secondary N) is 1. The molecule has 0 saturated heterocycles. The summed E-state index contributed by atoms with van der Waals surface area (Å²) in [6.45, 7) is 4.09. The molecular weight excluding hydrogens is 250 g/mol. The second-order valence-corrected chi connectivity index (χ2v) is 5.54. The third kappa shape index (κ3) is 2.41. The van der Waals surface area contributed by atoms with Gasteiger partial charge in [-0.05, 0) is 30.5 Å². The first kappa shape index (κ1) is 13.1. The molecule has 1 aromatic carbocycles. The van der Waals surface area contributed by atoms with Crippen molar-refractivity contribution in [3.05, 3.63) is 41.5 Å². The van der Waals surface area contributed by atoms with Gasteiger partial charge < -0.3 is 14.8 Å². The van der Waals surface area contributed by atoms with Crippen LogP contribution in [0.5, 0.6) is 0 Å². The SMILES string of the molecule is CC(NCc1ccc2c(c1)CCN2C)c1nncn1C. The van der Waals surface area contributed by atoms with E-state index in [2.05, 4.69) is 52.6 Å². The first-order chi connectivity index (χ1) is 9.65. The van der Waals surface area contributed by atoms with E-state index in [1.165, 1.54) is 16.8 Å². The number of likely N-dealkylation sites (N-methyl/N-ethyl adjacent to an activating group) is 1. The Labute approximate surface area is 119 Å². The van der Waals surface area contributed by atoms with Crippen LogP contribution in [0.1, 0.15) is 29.9 Å². The second-order valence-electron chi connectivity index (χ2n) is 5.54. The topological polar surface area (TPSA) is 46.0 Å². The van der Waals surface area contributed by atoms with Crippen molar-refractivity contribution in [1.29, 1.82) is 0 Å². The molecule has 5 nitrogen and oxygen atoms in total. The molecule has 1 aliphatic rings. The summed E-state index contributed by atoms with van der Waals surface area (Å²) in [4.78, 5) is 2.31. The summed E-state index contributed by atoms with van der Waals surface area (Å²) < 4.78 is 1.95. The predicted molar refractivity (Wildman–Crippen MR) is 79.7 cm³/mol. The molecular formula is C15H21N5. The van der Waals surface area contributed by atoms with Crippen LogP contribution in [0.2, 0.25) is 0 Å². The number of hydrogen-bond acceptors (Lipinski definition) is 4. The Balaban J connectivity index is 1.66. The zero-order valence-electron chi connectivity index (χ0n) is 12.3. The first-order valence-electron chi connectivity index (χ1n) is 7.05. The molecule has 0 saturated carbocycles. The maximum absolute atomic E-state index is 4.14. The van der Waals surface area contributed by atoms with E-state index in [0.29, 0.717) is 0 Å². The molecule has 106 valence electrons. The molecule has 1 aliphatic heterocycles. The van der Waals surface area contributed by atoms with Crippen LogP contribution in [0.3, 0.4) is 0 Å². The van der Waals surface area contributed by atoms with Crippen molar-refractivity contribution >= 4 is 5.69 Å². The fraction of sp³-hybridized carbons (Fsp3) is 0.467. The van der Waals surface area contributed by atoms with E-state index in [-0.39, 0.29) is 6.04 Å². The summed E-state index contributed by atoms with van der Waals surface area (Å²) in [6.07, 6.45) is 2.89. The molecule has 0 spiro atoms. The van der Waals surface area contributed by atoms with Crippen molar-refractivity contribution < 1.29 is 0 Å². The molecule has 0 bridgehead atoms. The molecule has 3 rings (SSSR count). The zero-order valence-corrected chi connectivity index (χ0v) is 12.3. The first-order valence-corrected chi connectivity index (χ1v) is 7.05. The number of fused-ring (bicyclic) bond motifs is 1. The Hall–Kier alpha value is -1.88. The summed E-state index contributed by atoms with van der Waals surface area (Å²) >= 11 is 0. The van der Waals surface area contributed by atoms with E-state index < -0.39 is 0 Å². The van der Waals surface area contributed by atoms with Crippen molar-refractivity contribution in [3.63, 3.8) is 0 Å². The summed E-state index contributed by atoms with van der Waals surface area (Å²) in [7, 11) is 4.12. The molecule has 0 fully saturated rings. The fourth-order valence-electron chi connectivity index (χ4n) is 2.78. The van der Waals surface area contributed by atoms with Gasteiger partial charge in [-0.3, -0.25) is 0 Å². The van der Waals surface area contributed by atoms with Crippen molar-refractivity contribution in [2.45, 2.75) is 25.9 Å². The Morgan fingerprint density at radius 2 is 2.20 bits per heavy atom. The lowest BCUT2D eigenvalue weighted by Crippen LogP contribution is -2.21. The Morgan fingerprint density at radius 3 is 2.95 bits per heavy atom. The van der Waals surface area contributed by atoms with Crippen LogP contribution in [0, 0.1) is 0 Å². The monoisotopic (exact) mass is 271 g/mol. The van der Waals surface area contributed by atoms with Crippen LogP contribution < -0.4 is 10.2 Å². The Kier molecular flexibility index (Phi) is 3.44. The molecule has 2 aromatic rings. The van der Waals surface area contributed by atoms with Crippen molar-refractivity contribution in [2.75, 3.05) is 18.5 Å². The van der Waals surface area contributed by atoms with Crippen molar-refractivity contribution in [3.8, 4) is 0 Å². The van der Waals surface area contributed by atoms with Gasteiger partial charge in [-0.15, -0.1) is 10.2 Å². The average molecular weight is 271 g/mol. The van der Waals surface area contributed by atoms with Gasteiger partial charge in [0.05, 0.1) is 6.04 Å². The highest BCUT2D eigenvalue weighted by Gasteiger charge is 2.16. The van der Waals surface area contributed by atoms with Crippen LogP contribution in [-0.2, 0) is 20.0 Å². The van der Waals surface area contributed by atoms with E-state index >= 15 is 0 Å². The maximum Gasteiger partial charge on any atom is 0.149 e. The molecule has 0 amide bonds. The molecule has 0 aliphatic carbocycles. The van der Waals surface area contributed by atoms with Gasteiger partial charge in [-0.1, -0.05) is 12.1 Å². The molecule has 1 atom stereocenters. The van der Waals surface area contributed by atoms with Crippen molar-refractivity contribution in [1.82, 2.24) is 20.1 Å². The smallest absolute Gasteiger partial charge is 0.149 e. The van der Waals surface area contributed by atoms with Gasteiger partial charge >= 0.3 is 0 Å². The highest BCUT2D eigenvalue weighted by molar-refractivity contribution is 5.58. The fourth-order valence-corrected chi connectivity index (χ4v) is 2.78. The van der Waals surface area contributed by atoms with E-state index in [9.17, 15) is 0 Å². The lowest BCUT2D eigenvalue weighted by Gasteiger charge is -2.15. The van der Waals surface area contributed by atoms with Gasteiger partial charge in [0.25, 0.3) is 0 Å². The van der Waals surface area contributed by atoms with Gasteiger partial charge in [0.1, 0.15) is 12.2 Å². The number of nitrogens with zero attached hydrogens (tertiary/aromatic N) is 4. The number of rotatable bonds is 4. The molecule has 1 aromatic heterocycles. The summed E-state index contributed by atoms with van der Waals surface area (Å²) in [5.74, 6) is 0.964. The minimum Gasteiger partial charge on any atom is -0.374 e. The maximum atomic E-state index is 4.14. The van der Waals surface area contributed by atoms with Crippen LogP contribution >= 0.6 is 0 Å². The highest BCUT2D eigenvalue weighted by Crippen LogP contribution is 2.27. The predicted octanol–water partition coefficient (Wildman–Crippen LogP) is 1.66. The molecule has 20 heavy (non-hydrogen) atoms. The number of aromatic nitrogens is 3. The van der Waals surface area contributed by atoms with E-state index in [4.69, 9.17) is 0 Å². The van der Waals surface area contributed by atoms with Crippen molar-refractivity contribution in [2.24, 2.45) is 7.05 Å². The van der Waals surface area contributed by atoms with Crippen LogP contribution in [-0.4, -0.2) is 28.4 Å². The normalized spacial score (nSPS) is 15.4. The zero-order chi connectivity index (χ0) is 14.1. The number of hydrogen-bond donors (Lipinski definition) is 1. The lowest BCUT2D eigenvalue weighted by atomic mass is 10.1. The average Bonchev–Trinajstić information content (AvgIpc) is 3.03. The van der Waals surface area contributed by atoms with E-state index in [0.717, 1.165) is 25.3 Å². The summed E-state index contributed by atoms with van der Waals surface area (Å²) in [5, 5.41) is 11.6. The summed E-state index contributed by atoms with van der Waals surface area (Å²) in [6, 6.07) is 6.94. The second kappa shape index (κ2) is 5.25. The van der Waals surface area contributed by atoms with Crippen LogP contribution in [0.4, 0.5) is 5.69 Å². The van der Waals surface area contributed by atoms with Gasteiger partial charge in [0.2, 0.25) is 0 Å². The lowest BCUT2D eigenvalue weighted by molar-refractivity contribution is 0.528. The quantitative estimate of drug-likeness (QED) is 0.918. The third-order valence-electron chi connectivity index (χ3n) is 4.02. The van der Waals surface area contributed by atoms with Crippen LogP contribution in [0.15, 0.2) is 24.5 Å². The minimum absolute atomic E-state index is 0.193. The number of aryl methyl sites for hydroxylation is 1. The summed E-state index contributed by atoms with van der Waals surface area (Å²) in [5.41, 5.74) is 4.15. The molecule has 0 radical (unpaired) electrons. The molecule has 1 unspecified atom stereocenters. The third-order valence-corrected chi connectivity index (χ3v) is 4.02. The minimum atomic E-state index is 0.193. The standard InChI is InChI=1S/C15H21N5/c1-11(15-18-17-10-20(15)3)16-9-12-4-5-14-13(8-12)6-7-19(14)2/h4-5,8,10-11,16H,6-7,9H2,1-3H3. The number of benzene rings is 1. The van der Waals surface area contributed by atoms with E-state index in [1.807, 2.05) is 11.6 Å². The molecule has 2 heterocycles. The Bertz CT molecular complexity index is 604. The Morgan fingerprint density at radius 1 is 1.35 bits per heavy atom. The molecule has 5 heteroatoms. The van der Waals surface area contributed by atoms with Gasteiger partial charge in [0.15, 0.2) is 0 Å².